The van der Waals surface area contributed by atoms with Crippen molar-refractivity contribution in [1.29, 1.82) is 0 Å². The highest BCUT2D eigenvalue weighted by Crippen LogP contribution is 2.33. The Labute approximate surface area is 164 Å². The molecule has 1 aromatic rings. The van der Waals surface area contributed by atoms with Gasteiger partial charge in [0.15, 0.2) is 0 Å². The number of nitrogens with one attached hydrogen (secondary N) is 1. The number of benzene rings is 1. The van der Waals surface area contributed by atoms with Gasteiger partial charge in [-0.05, 0) is 37.2 Å². The Kier molecular flexibility index (Phi) is 6.67. The van der Waals surface area contributed by atoms with E-state index in [4.69, 9.17) is 5.11 Å². The van der Waals surface area contributed by atoms with Crippen LogP contribution in [0.4, 0.5) is 4.79 Å². The van der Waals surface area contributed by atoms with Crippen LogP contribution >= 0.6 is 0 Å². The number of carboxylic acid groups (broad SMARTS) is 1. The van der Waals surface area contributed by atoms with Crippen LogP contribution in [-0.2, 0) is 9.59 Å². The number of carbonyl (C=O) groups is 3. The first-order valence-corrected chi connectivity index (χ1v) is 10.0. The maximum absolute atomic E-state index is 12.6. The molecule has 28 heavy (non-hydrogen) atoms. The Morgan fingerprint density at radius 1 is 1.14 bits per heavy atom. The fourth-order valence-electron chi connectivity index (χ4n) is 4.49. The third kappa shape index (κ3) is 4.70. The normalized spacial score (nSPS) is 22.3. The van der Waals surface area contributed by atoms with E-state index >= 15 is 0 Å². The van der Waals surface area contributed by atoms with Crippen LogP contribution in [0.3, 0.4) is 0 Å². The van der Waals surface area contributed by atoms with Crippen molar-refractivity contribution in [2.45, 2.75) is 63.0 Å². The van der Waals surface area contributed by atoms with Gasteiger partial charge in [-0.3, -0.25) is 14.9 Å². The molecule has 0 bridgehead atoms. The Hall–Kier alpha value is -2.41. The van der Waals surface area contributed by atoms with E-state index in [-0.39, 0.29) is 25.3 Å². The molecule has 3 N–H and O–H groups in total. The molecule has 3 amide bonds. The molecule has 3 rings (SSSR count). The summed E-state index contributed by atoms with van der Waals surface area (Å²) in [5.74, 6) is -1.49. The van der Waals surface area contributed by atoms with Crippen molar-refractivity contribution >= 4 is 17.9 Å². The molecule has 1 aliphatic heterocycles. The van der Waals surface area contributed by atoms with E-state index in [9.17, 15) is 19.5 Å². The fraction of sp³-hybridized carbons (Fsp3) is 0.571. The molecule has 3 unspecified atom stereocenters. The zero-order valence-corrected chi connectivity index (χ0v) is 15.9. The highest BCUT2D eigenvalue weighted by atomic mass is 16.4. The number of rotatable bonds is 9. The lowest BCUT2D eigenvalue weighted by atomic mass is 9.86. The number of hydrogen-bond donors (Lipinski definition) is 3. The predicted molar refractivity (Wildman–Crippen MR) is 103 cm³/mol. The molecule has 7 nitrogen and oxygen atoms in total. The van der Waals surface area contributed by atoms with Gasteiger partial charge in [-0.15, -0.1) is 0 Å². The van der Waals surface area contributed by atoms with Crippen LogP contribution < -0.4 is 5.32 Å². The van der Waals surface area contributed by atoms with Gasteiger partial charge >= 0.3 is 12.0 Å². The summed E-state index contributed by atoms with van der Waals surface area (Å²) in [6, 6.07) is 8.02. The monoisotopic (exact) mass is 388 g/mol. The molecule has 1 saturated carbocycles. The third-order valence-corrected chi connectivity index (χ3v) is 5.98. The first kappa shape index (κ1) is 20.3. The maximum atomic E-state index is 12.6. The highest BCUT2D eigenvalue weighted by molar-refractivity contribution is 6.04. The molecule has 0 spiro atoms. The van der Waals surface area contributed by atoms with Crippen LogP contribution in [0.1, 0.15) is 56.4 Å². The van der Waals surface area contributed by atoms with Crippen LogP contribution in [0.2, 0.25) is 0 Å². The van der Waals surface area contributed by atoms with E-state index in [0.717, 1.165) is 31.2 Å². The Bertz CT molecular complexity index is 702. The summed E-state index contributed by atoms with van der Waals surface area (Å²) in [6.45, 7) is 0.274. The average Bonchev–Trinajstić information content (AvgIpc) is 3.30. The van der Waals surface area contributed by atoms with Crippen molar-refractivity contribution in [3.63, 3.8) is 0 Å². The van der Waals surface area contributed by atoms with E-state index in [1.165, 1.54) is 4.90 Å². The minimum absolute atomic E-state index is 0.0872. The number of imide groups is 1. The number of hydrogen-bond acceptors (Lipinski definition) is 4. The number of nitrogens with zero attached hydrogens (tertiary/aromatic N) is 1. The second-order valence-corrected chi connectivity index (χ2v) is 7.78. The van der Waals surface area contributed by atoms with Crippen LogP contribution in [0.25, 0.3) is 0 Å². The SMILES string of the molecule is O=C(O)CCC(c1ccccc1)C1C(=O)NC(=O)N1CCC(O)C1CCCC1. The maximum Gasteiger partial charge on any atom is 0.324 e. The van der Waals surface area contributed by atoms with Gasteiger partial charge in [0.05, 0.1) is 6.10 Å². The van der Waals surface area contributed by atoms with Gasteiger partial charge < -0.3 is 15.1 Å². The average molecular weight is 388 g/mol. The van der Waals surface area contributed by atoms with E-state index in [1.54, 1.807) is 0 Å². The third-order valence-electron chi connectivity index (χ3n) is 5.98. The van der Waals surface area contributed by atoms with E-state index in [1.807, 2.05) is 30.3 Å². The summed E-state index contributed by atoms with van der Waals surface area (Å²) in [4.78, 5) is 37.6. The van der Waals surface area contributed by atoms with Gasteiger partial charge in [-0.1, -0.05) is 43.2 Å². The highest BCUT2D eigenvalue weighted by Gasteiger charge is 2.44. The first-order valence-electron chi connectivity index (χ1n) is 10.0. The molecule has 2 fully saturated rings. The lowest BCUT2D eigenvalue weighted by Crippen LogP contribution is -2.41. The Morgan fingerprint density at radius 3 is 2.46 bits per heavy atom. The molecule has 1 aliphatic carbocycles. The zero-order chi connectivity index (χ0) is 20.1. The second kappa shape index (κ2) is 9.19. The Balaban J connectivity index is 1.76. The topological polar surface area (TPSA) is 107 Å². The summed E-state index contributed by atoms with van der Waals surface area (Å²) in [6.07, 6.45) is 4.35. The second-order valence-electron chi connectivity index (χ2n) is 7.78. The summed E-state index contributed by atoms with van der Waals surface area (Å²) in [7, 11) is 0. The van der Waals surface area contributed by atoms with Gasteiger partial charge in [0.2, 0.25) is 0 Å². The van der Waals surface area contributed by atoms with Gasteiger partial charge in [0.25, 0.3) is 5.91 Å². The summed E-state index contributed by atoms with van der Waals surface area (Å²) in [5.41, 5.74) is 0.833. The van der Waals surface area contributed by atoms with Crippen LogP contribution in [-0.4, -0.2) is 51.7 Å². The number of carbonyl (C=O) groups excluding carboxylic acids is 2. The van der Waals surface area contributed by atoms with Crippen LogP contribution in [0.15, 0.2) is 30.3 Å². The minimum Gasteiger partial charge on any atom is -0.481 e. The van der Waals surface area contributed by atoms with Crippen molar-refractivity contribution in [2.75, 3.05) is 6.54 Å². The van der Waals surface area contributed by atoms with E-state index in [2.05, 4.69) is 5.32 Å². The molecule has 2 aliphatic rings. The summed E-state index contributed by atoms with van der Waals surface area (Å²) >= 11 is 0. The van der Waals surface area contributed by atoms with Crippen molar-refractivity contribution in [2.24, 2.45) is 5.92 Å². The largest absolute Gasteiger partial charge is 0.481 e. The van der Waals surface area contributed by atoms with Gasteiger partial charge in [-0.25, -0.2) is 4.79 Å². The molecule has 7 heteroatoms. The van der Waals surface area contributed by atoms with Crippen molar-refractivity contribution in [3.05, 3.63) is 35.9 Å². The minimum atomic E-state index is -0.936. The number of aliphatic hydroxyl groups is 1. The van der Waals surface area contributed by atoms with Gasteiger partial charge in [0, 0.05) is 18.9 Å². The molecule has 0 aromatic heterocycles. The quantitative estimate of drug-likeness (QED) is 0.564. The smallest absolute Gasteiger partial charge is 0.324 e. The molecule has 152 valence electrons. The molecule has 1 heterocycles. The molecule has 0 radical (unpaired) electrons. The summed E-state index contributed by atoms with van der Waals surface area (Å²) in [5, 5.41) is 21.9. The number of amides is 3. The molecule has 1 saturated heterocycles. The van der Waals surface area contributed by atoms with Crippen LogP contribution in [0, 0.1) is 5.92 Å². The standard InChI is InChI=1S/C21H28N2O5/c24-17(15-8-4-5-9-15)12-13-23-19(20(27)22-21(23)28)16(10-11-18(25)26)14-6-2-1-3-7-14/h1-3,6-7,15-17,19,24H,4-5,8-13H2,(H,25,26)(H,22,27,28). The summed E-state index contributed by atoms with van der Waals surface area (Å²) < 4.78 is 0. The molecular formula is C21H28N2O5. The molecule has 3 atom stereocenters. The van der Waals surface area contributed by atoms with E-state index in [0.29, 0.717) is 6.42 Å². The van der Waals surface area contributed by atoms with Gasteiger partial charge in [0.1, 0.15) is 6.04 Å². The first-order chi connectivity index (χ1) is 13.5. The molecular weight excluding hydrogens is 360 g/mol. The zero-order valence-electron chi connectivity index (χ0n) is 15.9. The van der Waals surface area contributed by atoms with Gasteiger partial charge in [-0.2, -0.15) is 0 Å². The van der Waals surface area contributed by atoms with Crippen molar-refractivity contribution < 1.29 is 24.6 Å². The lowest BCUT2D eigenvalue weighted by molar-refractivity contribution is -0.137. The van der Waals surface area contributed by atoms with Crippen molar-refractivity contribution in [1.82, 2.24) is 10.2 Å². The number of aliphatic hydroxyl groups excluding tert-OH is 1. The predicted octanol–water partition coefficient (Wildman–Crippen LogP) is 2.50. The molecule has 1 aromatic carbocycles. The van der Waals surface area contributed by atoms with E-state index < -0.39 is 36.0 Å². The lowest BCUT2D eigenvalue weighted by Gasteiger charge is -2.30. The van der Waals surface area contributed by atoms with Crippen molar-refractivity contribution in [3.8, 4) is 0 Å². The number of urea groups is 1. The fourth-order valence-corrected chi connectivity index (χ4v) is 4.49. The van der Waals surface area contributed by atoms with Crippen LogP contribution in [0.5, 0.6) is 0 Å². The Morgan fingerprint density at radius 2 is 1.82 bits per heavy atom. The number of carboxylic acids is 1. The number of aliphatic carboxylic acids is 1.